The van der Waals surface area contributed by atoms with Gasteiger partial charge in [0.15, 0.2) is 11.0 Å². The van der Waals surface area contributed by atoms with Crippen molar-refractivity contribution in [1.82, 2.24) is 13.8 Å². The van der Waals surface area contributed by atoms with Gasteiger partial charge in [0.2, 0.25) is 0 Å². The lowest BCUT2D eigenvalue weighted by Gasteiger charge is -2.07. The number of aromatic nitrogens is 4. The summed E-state index contributed by atoms with van der Waals surface area (Å²) in [5, 5.41) is 1.27. The lowest BCUT2D eigenvalue weighted by molar-refractivity contribution is -0.617. The lowest BCUT2D eigenvalue weighted by atomic mass is 10.1. The van der Waals surface area contributed by atoms with Crippen LogP contribution in [-0.4, -0.2) is 13.8 Å². The Hall–Kier alpha value is -2.67. The van der Waals surface area contributed by atoms with E-state index in [0.29, 0.717) is 0 Å². The van der Waals surface area contributed by atoms with Crippen LogP contribution in [0.5, 0.6) is 0 Å². The molecular weight excluding hydrogens is 447 g/mol. The molecule has 0 bridgehead atoms. The predicted molar refractivity (Wildman–Crippen MR) is 117 cm³/mol. The Balaban J connectivity index is 2.11. The molecular formula is C22H16IN4+. The maximum atomic E-state index is 5.02. The normalized spacial score (nSPS) is 12.3. The van der Waals surface area contributed by atoms with Crippen molar-refractivity contribution in [1.29, 1.82) is 0 Å². The molecule has 0 fully saturated rings. The van der Waals surface area contributed by atoms with Crippen LogP contribution in [0.1, 0.15) is 5.56 Å². The average Bonchev–Trinajstić information content (AvgIpc) is 3.21. The molecule has 0 saturated carbocycles. The molecule has 0 amide bonds. The van der Waals surface area contributed by atoms with Crippen LogP contribution in [0.2, 0.25) is 0 Å². The van der Waals surface area contributed by atoms with Gasteiger partial charge in [-0.05, 0) is 71.5 Å². The molecule has 6 aromatic rings. The summed E-state index contributed by atoms with van der Waals surface area (Å²) in [6.45, 7) is 2.22. The summed E-state index contributed by atoms with van der Waals surface area (Å²) >= 11 is 2.43. The topological polar surface area (TPSA) is 25.6 Å². The summed E-state index contributed by atoms with van der Waals surface area (Å²) in [4.78, 5) is 5.02. The van der Waals surface area contributed by atoms with E-state index in [0.717, 1.165) is 16.8 Å². The summed E-state index contributed by atoms with van der Waals surface area (Å²) < 4.78 is 8.17. The van der Waals surface area contributed by atoms with Crippen LogP contribution in [0.15, 0.2) is 60.7 Å². The van der Waals surface area contributed by atoms with E-state index in [-0.39, 0.29) is 0 Å². The Kier molecular flexibility index (Phi) is 2.96. The average molecular weight is 463 g/mol. The smallest absolute Gasteiger partial charge is 0.258 e. The highest BCUT2D eigenvalue weighted by Gasteiger charge is 2.26. The van der Waals surface area contributed by atoms with Crippen LogP contribution < -0.4 is 4.57 Å². The summed E-state index contributed by atoms with van der Waals surface area (Å²) in [6.07, 6.45) is 0. The van der Waals surface area contributed by atoms with Crippen LogP contribution in [-0.2, 0) is 7.05 Å². The van der Waals surface area contributed by atoms with E-state index in [1.165, 1.54) is 36.7 Å². The maximum absolute atomic E-state index is 5.02. The summed E-state index contributed by atoms with van der Waals surface area (Å²) in [7, 11) is 2.15. The van der Waals surface area contributed by atoms with Crippen LogP contribution in [0.4, 0.5) is 0 Å². The quantitative estimate of drug-likeness (QED) is 0.235. The van der Waals surface area contributed by atoms with Gasteiger partial charge in [0.25, 0.3) is 5.65 Å². The molecule has 0 atom stereocenters. The number of aryl methyl sites for hydroxylation is 2. The van der Waals surface area contributed by atoms with E-state index in [4.69, 9.17) is 4.98 Å². The molecule has 5 heteroatoms. The molecule has 0 aliphatic heterocycles. The Labute approximate surface area is 168 Å². The van der Waals surface area contributed by atoms with Crippen LogP contribution in [0.25, 0.3) is 44.4 Å². The fraction of sp³-hybridized carbons (Fsp3) is 0.0909. The van der Waals surface area contributed by atoms with Gasteiger partial charge in [-0.3, -0.25) is 4.40 Å². The fourth-order valence-electron chi connectivity index (χ4n) is 4.34. The molecule has 0 aliphatic carbocycles. The fourth-order valence-corrected chi connectivity index (χ4v) is 4.79. The Morgan fingerprint density at radius 1 is 0.852 bits per heavy atom. The number of hydrogen-bond acceptors (Lipinski definition) is 1. The Morgan fingerprint density at radius 3 is 2.44 bits per heavy atom. The molecule has 3 aromatic heterocycles. The van der Waals surface area contributed by atoms with Gasteiger partial charge in [-0.2, -0.15) is 9.38 Å². The summed E-state index contributed by atoms with van der Waals surface area (Å²) in [5.41, 5.74) is 8.22. The Morgan fingerprint density at radius 2 is 1.59 bits per heavy atom. The van der Waals surface area contributed by atoms with Crippen molar-refractivity contribution in [3.05, 3.63) is 69.8 Å². The van der Waals surface area contributed by atoms with Gasteiger partial charge in [-0.25, -0.2) is 4.57 Å². The second-order valence-corrected chi connectivity index (χ2v) is 8.17. The first-order valence-electron chi connectivity index (χ1n) is 8.94. The SMILES string of the molecule is Cc1c(I)ccc2c1c1n(c3ccccc3[n+]1C)c1nc3ccccc3n21. The zero-order valence-corrected chi connectivity index (χ0v) is 17.1. The molecule has 0 radical (unpaired) electrons. The first kappa shape index (κ1) is 15.4. The van der Waals surface area contributed by atoms with Crippen molar-refractivity contribution in [3.63, 3.8) is 0 Å². The number of hydrogen-bond donors (Lipinski definition) is 0. The van der Waals surface area contributed by atoms with Crippen molar-refractivity contribution in [2.24, 2.45) is 7.05 Å². The molecule has 0 spiro atoms. The van der Waals surface area contributed by atoms with Crippen molar-refractivity contribution in [3.8, 4) is 0 Å². The van der Waals surface area contributed by atoms with Crippen LogP contribution >= 0.6 is 22.6 Å². The molecule has 0 unspecified atom stereocenters. The lowest BCUT2D eigenvalue weighted by Crippen LogP contribution is -2.28. The zero-order valence-electron chi connectivity index (χ0n) is 14.9. The molecule has 3 aromatic carbocycles. The summed E-state index contributed by atoms with van der Waals surface area (Å²) in [5.74, 6) is 0.955. The number of halogens is 1. The molecule has 0 saturated heterocycles. The van der Waals surface area contributed by atoms with E-state index in [2.05, 4.69) is 111 Å². The number of fused-ring (bicyclic) bond motifs is 10. The van der Waals surface area contributed by atoms with Gasteiger partial charge in [-0.15, -0.1) is 0 Å². The van der Waals surface area contributed by atoms with Gasteiger partial charge in [-0.1, -0.05) is 24.3 Å². The van der Waals surface area contributed by atoms with Gasteiger partial charge in [0.05, 0.1) is 29.0 Å². The third-order valence-corrected chi connectivity index (χ3v) is 6.77. The molecule has 3 heterocycles. The first-order valence-corrected chi connectivity index (χ1v) is 10.0. The molecule has 27 heavy (non-hydrogen) atoms. The van der Waals surface area contributed by atoms with Crippen LogP contribution in [0.3, 0.4) is 0 Å². The molecule has 6 rings (SSSR count). The third-order valence-electron chi connectivity index (χ3n) is 5.60. The van der Waals surface area contributed by atoms with E-state index < -0.39 is 0 Å². The molecule has 4 nitrogen and oxygen atoms in total. The second-order valence-electron chi connectivity index (χ2n) is 7.01. The van der Waals surface area contributed by atoms with Crippen molar-refractivity contribution < 1.29 is 4.57 Å². The minimum absolute atomic E-state index is 0.955. The van der Waals surface area contributed by atoms with Crippen molar-refractivity contribution >= 4 is 67.0 Å². The highest BCUT2D eigenvalue weighted by Crippen LogP contribution is 2.32. The number of para-hydroxylation sites is 4. The molecule has 0 aliphatic rings. The number of rotatable bonds is 0. The van der Waals surface area contributed by atoms with E-state index in [1.54, 1.807) is 0 Å². The molecule has 130 valence electrons. The Bertz CT molecular complexity index is 1560. The van der Waals surface area contributed by atoms with Gasteiger partial charge in [0.1, 0.15) is 0 Å². The minimum Gasteiger partial charge on any atom is -0.258 e. The highest BCUT2D eigenvalue weighted by atomic mass is 127. The van der Waals surface area contributed by atoms with Gasteiger partial charge >= 0.3 is 5.78 Å². The van der Waals surface area contributed by atoms with Crippen LogP contribution in [0, 0.1) is 10.5 Å². The molecule has 0 N–H and O–H groups in total. The number of benzene rings is 3. The first-order chi connectivity index (χ1) is 13.2. The summed E-state index contributed by atoms with van der Waals surface area (Å²) in [6, 6.07) is 21.3. The standard InChI is InChI=1S/C22H16IN4/c1-13-14(23)11-12-19-20(13)21-25(2)17-9-5-6-10-18(17)27(21)22-24-15-7-3-4-8-16(15)26(19)22/h3-12H,1-2H3/q+1. The van der Waals surface area contributed by atoms with Crippen molar-refractivity contribution in [2.75, 3.05) is 0 Å². The maximum Gasteiger partial charge on any atom is 0.312 e. The van der Waals surface area contributed by atoms with E-state index in [9.17, 15) is 0 Å². The van der Waals surface area contributed by atoms with E-state index in [1.807, 2.05) is 0 Å². The zero-order chi connectivity index (χ0) is 18.3. The minimum atomic E-state index is 0.955. The monoisotopic (exact) mass is 463 g/mol. The van der Waals surface area contributed by atoms with Crippen molar-refractivity contribution in [2.45, 2.75) is 6.92 Å². The predicted octanol–water partition coefficient (Wildman–Crippen LogP) is 4.78. The van der Waals surface area contributed by atoms with Gasteiger partial charge in [0, 0.05) is 3.57 Å². The highest BCUT2D eigenvalue weighted by molar-refractivity contribution is 14.1. The number of imidazole rings is 2. The third kappa shape index (κ3) is 1.82. The largest absolute Gasteiger partial charge is 0.312 e. The van der Waals surface area contributed by atoms with Gasteiger partial charge < -0.3 is 0 Å². The van der Waals surface area contributed by atoms with E-state index >= 15 is 0 Å². The second kappa shape index (κ2) is 5.19. The number of nitrogens with zero attached hydrogens (tertiary/aromatic N) is 4.